The summed E-state index contributed by atoms with van der Waals surface area (Å²) >= 11 is 3.44. The van der Waals surface area contributed by atoms with Gasteiger partial charge in [0.15, 0.2) is 0 Å². The van der Waals surface area contributed by atoms with Crippen LogP contribution >= 0.6 is 15.9 Å². The summed E-state index contributed by atoms with van der Waals surface area (Å²) in [5, 5.41) is 0. The Bertz CT molecular complexity index is 373. The molecule has 4 heteroatoms. The highest BCUT2D eigenvalue weighted by Gasteiger charge is 2.21. The zero-order chi connectivity index (χ0) is 12.8. The van der Waals surface area contributed by atoms with Crippen molar-refractivity contribution >= 4 is 15.9 Å². The molecule has 0 saturated carbocycles. The number of ether oxygens (including phenoxy) is 2. The van der Waals surface area contributed by atoms with E-state index in [0.29, 0.717) is 5.92 Å². The number of nitrogens with zero attached hydrogens (tertiary/aromatic N) is 1. The smallest absolute Gasteiger partial charge is 0.120 e. The lowest BCUT2D eigenvalue weighted by Crippen LogP contribution is -2.26. The van der Waals surface area contributed by atoms with Crippen molar-refractivity contribution in [2.24, 2.45) is 5.92 Å². The third-order valence-corrected chi connectivity index (χ3v) is 3.74. The summed E-state index contributed by atoms with van der Waals surface area (Å²) in [6, 6.07) is 7.98. The van der Waals surface area contributed by atoms with Crippen LogP contribution < -0.4 is 4.74 Å². The van der Waals surface area contributed by atoms with Gasteiger partial charge in [-0.3, -0.25) is 4.90 Å². The molecule has 1 unspecified atom stereocenters. The fourth-order valence-electron chi connectivity index (χ4n) is 2.34. The van der Waals surface area contributed by atoms with Gasteiger partial charge in [0, 0.05) is 24.7 Å². The quantitative estimate of drug-likeness (QED) is 0.806. The van der Waals surface area contributed by atoms with Gasteiger partial charge in [-0.2, -0.15) is 0 Å². The highest BCUT2D eigenvalue weighted by molar-refractivity contribution is 9.10. The molecule has 18 heavy (non-hydrogen) atoms. The molecule has 0 amide bonds. The molecule has 1 aromatic carbocycles. The van der Waals surface area contributed by atoms with E-state index in [1.165, 1.54) is 6.42 Å². The monoisotopic (exact) mass is 313 g/mol. The lowest BCUT2D eigenvalue weighted by Gasteiger charge is -2.16. The first-order valence-electron chi connectivity index (χ1n) is 6.37. The number of methoxy groups -OCH3 is 1. The van der Waals surface area contributed by atoms with E-state index in [4.69, 9.17) is 9.47 Å². The van der Waals surface area contributed by atoms with Crippen molar-refractivity contribution in [1.82, 2.24) is 4.90 Å². The molecule has 1 atom stereocenters. The summed E-state index contributed by atoms with van der Waals surface area (Å²) in [5.74, 6) is 1.62. The van der Waals surface area contributed by atoms with Gasteiger partial charge in [-0.25, -0.2) is 0 Å². The van der Waals surface area contributed by atoms with Crippen LogP contribution in [0.2, 0.25) is 0 Å². The molecule has 100 valence electrons. The molecule has 0 bridgehead atoms. The zero-order valence-electron chi connectivity index (χ0n) is 10.8. The molecule has 1 saturated heterocycles. The second-order valence-corrected chi connectivity index (χ2v) is 5.63. The Labute approximate surface area is 117 Å². The molecular weight excluding hydrogens is 294 g/mol. The standard InChI is InChI=1S/C14H20BrNO2/c1-17-11-12-5-6-16(10-12)7-8-18-14-4-2-3-13(15)9-14/h2-4,9,12H,5-8,10-11H2,1H3. The molecule has 1 aliphatic rings. The summed E-state index contributed by atoms with van der Waals surface area (Å²) in [4.78, 5) is 2.45. The second kappa shape index (κ2) is 7.12. The Hall–Kier alpha value is -0.580. The van der Waals surface area contributed by atoms with Gasteiger partial charge in [-0.1, -0.05) is 22.0 Å². The zero-order valence-corrected chi connectivity index (χ0v) is 12.4. The molecule has 0 radical (unpaired) electrons. The fourth-order valence-corrected chi connectivity index (χ4v) is 2.72. The third-order valence-electron chi connectivity index (χ3n) is 3.24. The molecule has 1 aromatic rings. The molecule has 0 spiro atoms. The minimum atomic E-state index is 0.695. The number of hydrogen-bond acceptors (Lipinski definition) is 3. The van der Waals surface area contributed by atoms with Gasteiger partial charge in [-0.05, 0) is 37.1 Å². The molecule has 3 nitrogen and oxygen atoms in total. The molecule has 1 heterocycles. The Balaban J connectivity index is 1.67. The number of benzene rings is 1. The lowest BCUT2D eigenvalue weighted by atomic mass is 10.1. The van der Waals surface area contributed by atoms with Crippen LogP contribution in [0.1, 0.15) is 6.42 Å². The number of likely N-dealkylation sites (tertiary alicyclic amines) is 1. The summed E-state index contributed by atoms with van der Waals surface area (Å²) in [6.07, 6.45) is 1.24. The first kappa shape index (κ1) is 13.8. The normalized spacial score (nSPS) is 20.2. The molecule has 1 fully saturated rings. The maximum atomic E-state index is 5.74. The first-order chi connectivity index (χ1) is 8.78. The highest BCUT2D eigenvalue weighted by Crippen LogP contribution is 2.19. The average molecular weight is 314 g/mol. The van der Waals surface area contributed by atoms with Crippen molar-refractivity contribution in [3.63, 3.8) is 0 Å². The average Bonchev–Trinajstić information content (AvgIpc) is 2.78. The van der Waals surface area contributed by atoms with Gasteiger partial charge in [0.2, 0.25) is 0 Å². The van der Waals surface area contributed by atoms with Crippen molar-refractivity contribution < 1.29 is 9.47 Å². The van der Waals surface area contributed by atoms with Gasteiger partial charge in [0.1, 0.15) is 12.4 Å². The second-order valence-electron chi connectivity index (χ2n) is 4.72. The summed E-state index contributed by atoms with van der Waals surface area (Å²) in [7, 11) is 1.78. The Morgan fingerprint density at radius 2 is 2.33 bits per heavy atom. The minimum absolute atomic E-state index is 0.695. The lowest BCUT2D eigenvalue weighted by molar-refractivity contribution is 0.150. The van der Waals surface area contributed by atoms with Crippen molar-refractivity contribution in [1.29, 1.82) is 0 Å². The van der Waals surface area contributed by atoms with Gasteiger partial charge < -0.3 is 9.47 Å². The Morgan fingerprint density at radius 1 is 1.44 bits per heavy atom. The molecule has 0 aliphatic carbocycles. The van der Waals surface area contributed by atoms with Crippen molar-refractivity contribution in [3.05, 3.63) is 28.7 Å². The van der Waals surface area contributed by atoms with Crippen molar-refractivity contribution in [2.75, 3.05) is 40.0 Å². The molecule has 1 aliphatic heterocycles. The summed E-state index contributed by atoms with van der Waals surface area (Å²) in [6.45, 7) is 4.91. The Morgan fingerprint density at radius 3 is 3.11 bits per heavy atom. The third kappa shape index (κ3) is 4.26. The Kier molecular flexibility index (Phi) is 5.47. The van der Waals surface area contributed by atoms with Crippen molar-refractivity contribution in [2.45, 2.75) is 6.42 Å². The maximum Gasteiger partial charge on any atom is 0.120 e. The number of hydrogen-bond donors (Lipinski definition) is 0. The topological polar surface area (TPSA) is 21.7 Å². The summed E-state index contributed by atoms with van der Waals surface area (Å²) < 4.78 is 12.0. The van der Waals surface area contributed by atoms with E-state index in [-0.39, 0.29) is 0 Å². The minimum Gasteiger partial charge on any atom is -0.492 e. The van der Waals surface area contributed by atoms with Crippen LogP contribution in [-0.2, 0) is 4.74 Å². The number of rotatable bonds is 6. The van der Waals surface area contributed by atoms with E-state index >= 15 is 0 Å². The fraction of sp³-hybridized carbons (Fsp3) is 0.571. The van der Waals surface area contributed by atoms with Crippen LogP contribution in [0.25, 0.3) is 0 Å². The van der Waals surface area contributed by atoms with Crippen LogP contribution in [0.5, 0.6) is 5.75 Å². The predicted molar refractivity (Wildman–Crippen MR) is 76.1 cm³/mol. The van der Waals surface area contributed by atoms with Crippen molar-refractivity contribution in [3.8, 4) is 5.75 Å². The van der Waals surface area contributed by atoms with Crippen LogP contribution in [0, 0.1) is 5.92 Å². The van der Waals surface area contributed by atoms with E-state index in [0.717, 1.165) is 43.1 Å². The van der Waals surface area contributed by atoms with E-state index in [1.54, 1.807) is 7.11 Å². The van der Waals surface area contributed by atoms with Crippen LogP contribution in [0.15, 0.2) is 28.7 Å². The molecule has 0 N–H and O–H groups in total. The largest absolute Gasteiger partial charge is 0.492 e. The van der Waals surface area contributed by atoms with Gasteiger partial charge in [-0.15, -0.1) is 0 Å². The van der Waals surface area contributed by atoms with E-state index in [1.807, 2.05) is 24.3 Å². The van der Waals surface area contributed by atoms with Gasteiger partial charge in [0.05, 0.1) is 6.61 Å². The van der Waals surface area contributed by atoms with Gasteiger partial charge >= 0.3 is 0 Å². The SMILES string of the molecule is COCC1CCN(CCOc2cccc(Br)c2)C1. The summed E-state index contributed by atoms with van der Waals surface area (Å²) in [5.41, 5.74) is 0. The van der Waals surface area contributed by atoms with E-state index in [2.05, 4.69) is 20.8 Å². The molecular formula is C14H20BrNO2. The maximum absolute atomic E-state index is 5.74. The van der Waals surface area contributed by atoms with E-state index < -0.39 is 0 Å². The van der Waals surface area contributed by atoms with Gasteiger partial charge in [0.25, 0.3) is 0 Å². The molecule has 2 rings (SSSR count). The first-order valence-corrected chi connectivity index (χ1v) is 7.17. The predicted octanol–water partition coefficient (Wildman–Crippen LogP) is 2.80. The van der Waals surface area contributed by atoms with Crippen LogP contribution in [0.3, 0.4) is 0 Å². The highest BCUT2D eigenvalue weighted by atomic mass is 79.9. The van der Waals surface area contributed by atoms with Crippen LogP contribution in [-0.4, -0.2) is 44.9 Å². The number of halogens is 1. The van der Waals surface area contributed by atoms with E-state index in [9.17, 15) is 0 Å². The van der Waals surface area contributed by atoms with Crippen LogP contribution in [0.4, 0.5) is 0 Å². The molecule has 0 aromatic heterocycles.